The van der Waals surface area contributed by atoms with Gasteiger partial charge in [-0.1, -0.05) is 274 Å². The molecule has 348 valence electrons. The van der Waals surface area contributed by atoms with Gasteiger partial charge in [-0.05, 0) is 57.8 Å². The summed E-state index contributed by atoms with van der Waals surface area (Å²) in [5.41, 5.74) is -0.355. The van der Waals surface area contributed by atoms with Crippen molar-refractivity contribution in [3.05, 3.63) is 0 Å². The van der Waals surface area contributed by atoms with Gasteiger partial charge in [-0.15, -0.1) is 0 Å². The Morgan fingerprint density at radius 2 is 0.345 bits per heavy atom. The third-order valence-electron chi connectivity index (χ3n) is 13.7. The molecular formula is C54H111AlO3. The second-order valence-electron chi connectivity index (χ2n) is 19.4. The van der Waals surface area contributed by atoms with Crippen molar-refractivity contribution in [2.45, 2.75) is 349 Å². The van der Waals surface area contributed by atoms with Crippen molar-refractivity contribution < 1.29 is 11.4 Å². The van der Waals surface area contributed by atoms with Crippen LogP contribution >= 0.6 is 0 Å². The minimum absolute atomic E-state index is 0.118. The molecule has 0 rings (SSSR count). The largest absolute Gasteiger partial charge is 0.906 e. The van der Waals surface area contributed by atoms with E-state index in [2.05, 4.69) is 62.3 Å². The molecule has 0 aliphatic heterocycles. The summed E-state index contributed by atoms with van der Waals surface area (Å²) in [4.78, 5) is 0. The third kappa shape index (κ3) is 30.5. The maximum atomic E-state index is 8.07. The van der Waals surface area contributed by atoms with E-state index in [-0.39, 0.29) is 16.8 Å². The van der Waals surface area contributed by atoms with E-state index in [0.29, 0.717) is 0 Å². The fourth-order valence-corrected chi connectivity index (χ4v) is 12.1. The lowest BCUT2D eigenvalue weighted by Crippen LogP contribution is -2.52. The maximum Gasteiger partial charge on any atom is 0.906 e. The van der Waals surface area contributed by atoms with Gasteiger partial charge in [-0.2, -0.15) is 0 Å². The standard InChI is InChI=1S/3C18H37O.Al/c3*1-4-7-10-13-16-18(19,15-12-9-6-3)17-14-11-8-5-2;/h3*4-17H2,1-3H3;/q3*-1;+3. The SMILES string of the molecule is CCCCCCC(CCCCC)(CCCCCC)[O][Al]([O]C(CCCCC)(CCCCCC)CCCCCC)[O]C(CCCCC)(CCCCCC)CCCCCC. The molecule has 0 saturated heterocycles. The van der Waals surface area contributed by atoms with Crippen LogP contribution in [-0.2, 0) is 11.4 Å². The molecule has 0 aliphatic rings. The lowest BCUT2D eigenvalue weighted by molar-refractivity contribution is -0.113. The first-order valence-electron chi connectivity index (χ1n) is 27.4. The smallest absolute Gasteiger partial charge is 0.449 e. The third-order valence-corrected chi connectivity index (χ3v) is 15.7. The minimum atomic E-state index is -2.62. The molecule has 3 nitrogen and oxygen atoms in total. The first-order chi connectivity index (χ1) is 28.3. The monoisotopic (exact) mass is 835 g/mol. The molecule has 0 radical (unpaired) electrons. The molecular weight excluding hydrogens is 724 g/mol. The van der Waals surface area contributed by atoms with Gasteiger partial charge in [0, 0.05) is 16.8 Å². The van der Waals surface area contributed by atoms with Crippen molar-refractivity contribution in [1.82, 2.24) is 0 Å². The Labute approximate surface area is 373 Å². The second-order valence-corrected chi connectivity index (χ2v) is 20.7. The molecule has 0 atom stereocenters. The van der Waals surface area contributed by atoms with Gasteiger partial charge in [0.1, 0.15) is 0 Å². The van der Waals surface area contributed by atoms with Crippen LogP contribution < -0.4 is 0 Å². The summed E-state index contributed by atoms with van der Waals surface area (Å²) >= 11 is -2.62. The highest BCUT2D eigenvalue weighted by atomic mass is 27.3. The molecule has 0 amide bonds. The Balaban J connectivity index is 7.61. The zero-order valence-corrected chi connectivity index (χ0v) is 43.2. The first-order valence-corrected chi connectivity index (χ1v) is 28.8. The summed E-state index contributed by atoms with van der Waals surface area (Å²) in [7, 11) is 0. The molecule has 0 aromatic heterocycles. The van der Waals surface area contributed by atoms with E-state index in [0.717, 1.165) is 0 Å². The van der Waals surface area contributed by atoms with Gasteiger partial charge in [-0.3, -0.25) is 0 Å². The van der Waals surface area contributed by atoms with E-state index in [1.165, 1.54) is 270 Å². The van der Waals surface area contributed by atoms with Gasteiger partial charge in [0.15, 0.2) is 0 Å². The normalized spacial score (nSPS) is 12.6. The fourth-order valence-electron chi connectivity index (χ4n) is 9.68. The Bertz CT molecular complexity index is 675. The van der Waals surface area contributed by atoms with Crippen LogP contribution in [0.15, 0.2) is 0 Å². The van der Waals surface area contributed by atoms with Crippen LogP contribution in [-0.4, -0.2) is 32.0 Å². The van der Waals surface area contributed by atoms with Gasteiger partial charge in [0.05, 0.1) is 0 Å². The summed E-state index contributed by atoms with van der Waals surface area (Å²) < 4.78 is 24.2. The molecule has 58 heavy (non-hydrogen) atoms. The number of hydrogen-bond acceptors (Lipinski definition) is 3. The highest BCUT2D eigenvalue weighted by Gasteiger charge is 2.51. The number of unbranched alkanes of at least 4 members (excludes halogenated alkanes) is 24. The molecule has 0 aromatic rings. The van der Waals surface area contributed by atoms with Crippen molar-refractivity contribution >= 4 is 15.1 Å². The van der Waals surface area contributed by atoms with Crippen LogP contribution in [0.5, 0.6) is 0 Å². The van der Waals surface area contributed by atoms with E-state index in [9.17, 15) is 0 Å². The molecule has 0 N–H and O–H groups in total. The Morgan fingerprint density at radius 1 is 0.207 bits per heavy atom. The summed E-state index contributed by atoms with van der Waals surface area (Å²) in [6.45, 7) is 21.3. The van der Waals surface area contributed by atoms with Crippen LogP contribution in [0.1, 0.15) is 332 Å². The molecule has 0 fully saturated rings. The van der Waals surface area contributed by atoms with E-state index >= 15 is 0 Å². The highest BCUT2D eigenvalue weighted by Crippen LogP contribution is 2.41. The Kier molecular flexibility index (Phi) is 41.7. The van der Waals surface area contributed by atoms with Gasteiger partial charge in [-0.25, -0.2) is 0 Å². The summed E-state index contributed by atoms with van der Waals surface area (Å²) in [6.07, 6.45) is 53.5. The summed E-state index contributed by atoms with van der Waals surface area (Å²) in [6, 6.07) is 0. The van der Waals surface area contributed by atoms with Gasteiger partial charge >= 0.3 is 15.1 Å². The zero-order valence-electron chi connectivity index (χ0n) is 42.0. The van der Waals surface area contributed by atoms with E-state index in [4.69, 9.17) is 11.4 Å². The second kappa shape index (κ2) is 41.4. The van der Waals surface area contributed by atoms with Crippen molar-refractivity contribution in [3.63, 3.8) is 0 Å². The molecule has 0 aliphatic carbocycles. The molecule has 0 unspecified atom stereocenters. The van der Waals surface area contributed by atoms with Crippen molar-refractivity contribution in [3.8, 4) is 0 Å². The van der Waals surface area contributed by atoms with E-state index in [1.54, 1.807) is 0 Å². The van der Waals surface area contributed by atoms with Crippen LogP contribution in [0, 0.1) is 0 Å². The molecule has 0 saturated carbocycles. The Hall–Kier alpha value is 0.412. The lowest BCUT2D eigenvalue weighted by atomic mass is 9.85. The number of rotatable bonds is 48. The lowest BCUT2D eigenvalue weighted by Gasteiger charge is -2.45. The van der Waals surface area contributed by atoms with Crippen molar-refractivity contribution in [1.29, 1.82) is 0 Å². The minimum Gasteiger partial charge on any atom is -0.449 e. The molecule has 0 bridgehead atoms. The average Bonchev–Trinajstić information content (AvgIpc) is 3.22. The van der Waals surface area contributed by atoms with Crippen molar-refractivity contribution in [2.24, 2.45) is 0 Å². The van der Waals surface area contributed by atoms with Gasteiger partial charge < -0.3 is 11.4 Å². The van der Waals surface area contributed by atoms with Crippen molar-refractivity contribution in [2.75, 3.05) is 0 Å². The van der Waals surface area contributed by atoms with Crippen LogP contribution in [0.25, 0.3) is 0 Å². The predicted octanol–water partition coefficient (Wildman–Crippen LogP) is 19.8. The highest BCUT2D eigenvalue weighted by molar-refractivity contribution is 6.37. The van der Waals surface area contributed by atoms with Crippen LogP contribution in [0.2, 0.25) is 0 Å². The zero-order chi connectivity index (χ0) is 42.9. The van der Waals surface area contributed by atoms with E-state index in [1.807, 2.05) is 0 Å². The summed E-state index contributed by atoms with van der Waals surface area (Å²) in [5.74, 6) is 0. The van der Waals surface area contributed by atoms with Crippen LogP contribution in [0.3, 0.4) is 0 Å². The maximum absolute atomic E-state index is 8.07. The predicted molar refractivity (Wildman–Crippen MR) is 262 cm³/mol. The topological polar surface area (TPSA) is 27.7 Å². The molecule has 0 aromatic carbocycles. The van der Waals surface area contributed by atoms with Crippen LogP contribution in [0.4, 0.5) is 0 Å². The Morgan fingerprint density at radius 3 is 0.500 bits per heavy atom. The van der Waals surface area contributed by atoms with E-state index < -0.39 is 15.1 Å². The fraction of sp³-hybridized carbons (Fsp3) is 1.00. The number of hydrogen-bond donors (Lipinski definition) is 0. The average molecular weight is 835 g/mol. The van der Waals surface area contributed by atoms with Gasteiger partial charge in [0.2, 0.25) is 0 Å². The molecule has 4 heteroatoms. The molecule has 0 spiro atoms. The summed E-state index contributed by atoms with van der Waals surface area (Å²) in [5, 5.41) is 0. The quantitative estimate of drug-likeness (QED) is 0.0451. The molecule has 0 heterocycles. The first kappa shape index (κ1) is 58.4. The van der Waals surface area contributed by atoms with Gasteiger partial charge in [0.25, 0.3) is 0 Å².